The Bertz CT molecular complexity index is 1190. The van der Waals surface area contributed by atoms with Gasteiger partial charge in [0.1, 0.15) is 11.3 Å². The molecule has 0 bridgehead atoms. The zero-order chi connectivity index (χ0) is 20.5. The molecule has 0 spiro atoms. The summed E-state index contributed by atoms with van der Waals surface area (Å²) >= 11 is 0. The van der Waals surface area contributed by atoms with Crippen molar-refractivity contribution in [2.75, 3.05) is 12.4 Å². The number of carbonyl (C=O) groups excluding carboxylic acids is 1. The Kier molecular flexibility index (Phi) is 4.80. The minimum atomic E-state index is -0.230. The third-order valence-corrected chi connectivity index (χ3v) is 5.09. The number of aromatic nitrogens is 1. The number of amides is 1. The number of oxazole rings is 1. The molecule has 0 atom stereocenters. The van der Waals surface area contributed by atoms with Gasteiger partial charge < -0.3 is 14.5 Å². The number of carbonyl (C=O) groups is 1. The van der Waals surface area contributed by atoms with E-state index in [0.29, 0.717) is 22.9 Å². The molecule has 0 fully saturated rings. The second-order valence-electron chi connectivity index (χ2n) is 7.11. The topological polar surface area (TPSA) is 64.4 Å². The van der Waals surface area contributed by atoms with Gasteiger partial charge in [0.15, 0.2) is 5.58 Å². The molecule has 0 saturated heterocycles. The van der Waals surface area contributed by atoms with Gasteiger partial charge in [-0.05, 0) is 73.9 Å². The maximum atomic E-state index is 12.8. The summed E-state index contributed by atoms with van der Waals surface area (Å²) in [7, 11) is 1.55. The Hall–Kier alpha value is -3.60. The average molecular weight is 386 g/mol. The van der Waals surface area contributed by atoms with E-state index < -0.39 is 0 Å². The van der Waals surface area contributed by atoms with Crippen molar-refractivity contribution < 1.29 is 13.9 Å². The van der Waals surface area contributed by atoms with Crippen LogP contribution in [-0.2, 0) is 0 Å². The fourth-order valence-corrected chi connectivity index (χ4v) is 3.22. The highest BCUT2D eigenvalue weighted by Gasteiger charge is 2.15. The number of hydrogen-bond donors (Lipinski definition) is 1. The van der Waals surface area contributed by atoms with E-state index >= 15 is 0 Å². The molecular formula is C24H22N2O3. The van der Waals surface area contributed by atoms with Crippen LogP contribution in [0.2, 0.25) is 0 Å². The molecule has 4 rings (SSSR count). The number of anilines is 1. The van der Waals surface area contributed by atoms with Crippen LogP contribution in [0, 0.1) is 20.8 Å². The zero-order valence-electron chi connectivity index (χ0n) is 16.9. The predicted molar refractivity (Wildman–Crippen MR) is 115 cm³/mol. The third kappa shape index (κ3) is 3.59. The molecule has 5 nitrogen and oxygen atoms in total. The molecule has 0 aliphatic heterocycles. The lowest BCUT2D eigenvalue weighted by Gasteiger charge is -2.11. The molecule has 0 radical (unpaired) electrons. The molecule has 1 aromatic heterocycles. The fraction of sp³-hybridized carbons (Fsp3) is 0.167. The lowest BCUT2D eigenvalue weighted by molar-refractivity contribution is 0.102. The van der Waals surface area contributed by atoms with Gasteiger partial charge >= 0.3 is 0 Å². The lowest BCUT2D eigenvalue weighted by Crippen LogP contribution is -2.14. The summed E-state index contributed by atoms with van der Waals surface area (Å²) in [5.41, 5.74) is 6.84. The van der Waals surface area contributed by atoms with E-state index in [1.165, 1.54) is 5.56 Å². The minimum Gasteiger partial charge on any atom is -0.496 e. The van der Waals surface area contributed by atoms with Crippen LogP contribution in [0.1, 0.15) is 27.0 Å². The monoisotopic (exact) mass is 386 g/mol. The molecule has 0 saturated carbocycles. The number of nitrogens with one attached hydrogen (secondary N) is 1. The Balaban J connectivity index is 1.68. The molecule has 3 aromatic carbocycles. The predicted octanol–water partition coefficient (Wildman–Crippen LogP) is 5.68. The van der Waals surface area contributed by atoms with Crippen LogP contribution in [0.4, 0.5) is 5.69 Å². The van der Waals surface area contributed by atoms with E-state index in [9.17, 15) is 4.79 Å². The van der Waals surface area contributed by atoms with Crippen LogP contribution < -0.4 is 10.1 Å². The molecule has 5 heteroatoms. The van der Waals surface area contributed by atoms with Gasteiger partial charge in [-0.25, -0.2) is 4.98 Å². The molecule has 0 aliphatic carbocycles. The number of rotatable bonds is 4. The minimum absolute atomic E-state index is 0.230. The number of nitrogens with zero attached hydrogens (tertiary/aromatic N) is 1. The SMILES string of the molecule is COc1ccccc1C(=O)Nc1cc(-c2nc3cc(C)c(C)cc3o2)ccc1C. The van der Waals surface area contributed by atoms with Crippen LogP contribution >= 0.6 is 0 Å². The lowest BCUT2D eigenvalue weighted by atomic mass is 10.1. The van der Waals surface area contributed by atoms with E-state index in [4.69, 9.17) is 9.15 Å². The highest BCUT2D eigenvalue weighted by molar-refractivity contribution is 6.06. The Labute approximate surface area is 169 Å². The molecule has 0 aliphatic rings. The van der Waals surface area contributed by atoms with Crippen molar-refractivity contribution in [1.29, 1.82) is 0 Å². The molecule has 29 heavy (non-hydrogen) atoms. The van der Waals surface area contributed by atoms with E-state index in [2.05, 4.69) is 17.2 Å². The second kappa shape index (κ2) is 7.43. The molecular weight excluding hydrogens is 364 g/mol. The second-order valence-corrected chi connectivity index (χ2v) is 7.11. The van der Waals surface area contributed by atoms with Gasteiger partial charge in [0.05, 0.1) is 12.7 Å². The molecule has 146 valence electrons. The summed E-state index contributed by atoms with van der Waals surface area (Å²) in [4.78, 5) is 17.4. The standard InChI is InChI=1S/C24H22N2O3/c1-14-9-10-17(24-26-20-11-15(2)16(3)12-22(20)29-24)13-19(14)25-23(27)18-7-5-6-8-21(18)28-4/h5-13H,1-4H3,(H,25,27). The van der Waals surface area contributed by atoms with Crippen molar-refractivity contribution in [3.05, 3.63) is 76.9 Å². The summed E-state index contributed by atoms with van der Waals surface area (Å²) in [5, 5.41) is 2.97. The number of para-hydroxylation sites is 1. The normalized spacial score (nSPS) is 10.9. The van der Waals surface area contributed by atoms with Crippen molar-refractivity contribution in [1.82, 2.24) is 4.98 Å². The quantitative estimate of drug-likeness (QED) is 0.490. The maximum absolute atomic E-state index is 12.8. The van der Waals surface area contributed by atoms with Gasteiger partial charge in [-0.15, -0.1) is 0 Å². The van der Waals surface area contributed by atoms with Crippen molar-refractivity contribution in [2.45, 2.75) is 20.8 Å². The molecule has 1 heterocycles. The van der Waals surface area contributed by atoms with Crippen LogP contribution in [0.15, 0.2) is 59.0 Å². The average Bonchev–Trinajstić information content (AvgIpc) is 3.12. The van der Waals surface area contributed by atoms with Gasteiger partial charge in [0.25, 0.3) is 5.91 Å². The summed E-state index contributed by atoms with van der Waals surface area (Å²) in [5.74, 6) is 0.827. The summed E-state index contributed by atoms with van der Waals surface area (Å²) in [6.45, 7) is 6.05. The van der Waals surface area contributed by atoms with E-state index in [1.54, 1.807) is 19.2 Å². The molecule has 1 amide bonds. The van der Waals surface area contributed by atoms with Crippen molar-refractivity contribution in [3.63, 3.8) is 0 Å². The van der Waals surface area contributed by atoms with E-state index in [0.717, 1.165) is 27.8 Å². The third-order valence-electron chi connectivity index (χ3n) is 5.09. The van der Waals surface area contributed by atoms with Gasteiger partial charge in [-0.1, -0.05) is 18.2 Å². The number of ether oxygens (including phenoxy) is 1. The van der Waals surface area contributed by atoms with Crippen molar-refractivity contribution in [3.8, 4) is 17.2 Å². The van der Waals surface area contributed by atoms with Crippen molar-refractivity contribution in [2.24, 2.45) is 0 Å². The number of hydrogen-bond acceptors (Lipinski definition) is 4. The summed E-state index contributed by atoms with van der Waals surface area (Å²) < 4.78 is 11.3. The smallest absolute Gasteiger partial charge is 0.259 e. The first kappa shape index (κ1) is 18.7. The first-order valence-electron chi connectivity index (χ1n) is 9.39. The first-order valence-corrected chi connectivity index (χ1v) is 9.39. The number of fused-ring (bicyclic) bond motifs is 1. The van der Waals surface area contributed by atoms with Crippen LogP contribution in [0.25, 0.3) is 22.6 Å². The van der Waals surface area contributed by atoms with Crippen LogP contribution in [0.5, 0.6) is 5.75 Å². The first-order chi connectivity index (χ1) is 14.0. The van der Waals surface area contributed by atoms with Gasteiger partial charge in [0.2, 0.25) is 5.89 Å². The fourth-order valence-electron chi connectivity index (χ4n) is 3.22. The van der Waals surface area contributed by atoms with Gasteiger partial charge in [-0.3, -0.25) is 4.79 Å². The van der Waals surface area contributed by atoms with E-state index in [-0.39, 0.29) is 5.91 Å². The number of aryl methyl sites for hydroxylation is 3. The number of methoxy groups -OCH3 is 1. The summed E-state index contributed by atoms with van der Waals surface area (Å²) in [6.07, 6.45) is 0. The van der Waals surface area contributed by atoms with Crippen LogP contribution in [-0.4, -0.2) is 18.0 Å². The zero-order valence-corrected chi connectivity index (χ0v) is 16.9. The Morgan fingerprint density at radius 1 is 0.966 bits per heavy atom. The molecule has 0 unspecified atom stereocenters. The number of benzene rings is 3. The largest absolute Gasteiger partial charge is 0.496 e. The van der Waals surface area contributed by atoms with Crippen LogP contribution in [0.3, 0.4) is 0 Å². The van der Waals surface area contributed by atoms with Crippen molar-refractivity contribution >= 4 is 22.7 Å². The molecule has 1 N–H and O–H groups in total. The van der Waals surface area contributed by atoms with Gasteiger partial charge in [-0.2, -0.15) is 0 Å². The van der Waals surface area contributed by atoms with Gasteiger partial charge in [0, 0.05) is 11.3 Å². The molecule has 4 aromatic rings. The van der Waals surface area contributed by atoms with E-state index in [1.807, 2.05) is 56.3 Å². The summed E-state index contributed by atoms with van der Waals surface area (Å²) in [6, 6.07) is 16.9. The highest BCUT2D eigenvalue weighted by atomic mass is 16.5. The Morgan fingerprint density at radius 3 is 2.52 bits per heavy atom. The Morgan fingerprint density at radius 2 is 1.72 bits per heavy atom. The maximum Gasteiger partial charge on any atom is 0.259 e. The highest BCUT2D eigenvalue weighted by Crippen LogP contribution is 2.30.